The van der Waals surface area contributed by atoms with E-state index in [1.165, 1.54) is 12.1 Å². The molecule has 0 saturated heterocycles. The molecule has 0 fully saturated rings. The van der Waals surface area contributed by atoms with Gasteiger partial charge in [-0.3, -0.25) is 4.79 Å². The Morgan fingerprint density at radius 2 is 1.89 bits per heavy atom. The number of rotatable bonds is 8. The number of hydrogen-bond donors (Lipinski definition) is 3. The summed E-state index contributed by atoms with van der Waals surface area (Å²) >= 11 is 0. The maximum Gasteiger partial charge on any atom is 0.251 e. The van der Waals surface area contributed by atoms with Gasteiger partial charge in [-0.1, -0.05) is 18.9 Å². The van der Waals surface area contributed by atoms with Crippen LogP contribution in [0.15, 0.2) is 29.2 Å². The highest BCUT2D eigenvalue weighted by Gasteiger charge is 2.06. The highest BCUT2D eigenvalue weighted by atomic mass is 32.2. The molecule has 0 aliphatic carbocycles. The van der Waals surface area contributed by atoms with Crippen LogP contribution >= 0.6 is 0 Å². The molecule has 5 nitrogen and oxygen atoms in total. The fourth-order valence-corrected chi connectivity index (χ4v) is 2.11. The van der Waals surface area contributed by atoms with Crippen LogP contribution in [0.25, 0.3) is 0 Å². The third-order valence-electron chi connectivity index (χ3n) is 2.69. The number of unbranched alkanes of at least 4 members (excludes halogenated alkanes) is 3. The van der Waals surface area contributed by atoms with E-state index in [1.54, 1.807) is 12.1 Å². The van der Waals surface area contributed by atoms with Crippen molar-refractivity contribution in [3.63, 3.8) is 0 Å². The molecule has 0 aliphatic rings. The molecule has 0 unspecified atom stereocenters. The number of hydrogen-bond acceptors (Lipinski definition) is 4. The van der Waals surface area contributed by atoms with Gasteiger partial charge in [0, 0.05) is 18.7 Å². The summed E-state index contributed by atoms with van der Waals surface area (Å²) in [4.78, 5) is 11.9. The molecule has 1 aromatic rings. The molecule has 1 rings (SSSR count). The van der Waals surface area contributed by atoms with Crippen molar-refractivity contribution >= 4 is 16.6 Å². The van der Waals surface area contributed by atoms with E-state index in [2.05, 4.69) is 5.32 Å². The Morgan fingerprint density at radius 1 is 1.16 bits per heavy atom. The van der Waals surface area contributed by atoms with Crippen LogP contribution in [-0.4, -0.2) is 32.6 Å². The standard InChI is InChI=1S/C13H19NO4S/c15-9-4-2-1-3-8-14-13(16)11-6-5-7-12(10-11)19(17)18/h5-7,10,15,19H,1-4,8-9H2,(H,14,16). The van der Waals surface area contributed by atoms with Gasteiger partial charge in [-0.2, -0.15) is 0 Å². The molecule has 1 aromatic carbocycles. The summed E-state index contributed by atoms with van der Waals surface area (Å²) in [6, 6.07) is 5.96. The first-order valence-electron chi connectivity index (χ1n) is 6.28. The second-order valence-corrected chi connectivity index (χ2v) is 5.23. The first kappa shape index (κ1) is 15.7. The largest absolute Gasteiger partial charge is 0.396 e. The normalized spacial score (nSPS) is 10.6. The van der Waals surface area contributed by atoms with E-state index in [4.69, 9.17) is 5.11 Å². The van der Waals surface area contributed by atoms with Crippen molar-refractivity contribution in [1.82, 2.24) is 5.32 Å². The Kier molecular flexibility index (Phi) is 7.14. The van der Waals surface area contributed by atoms with E-state index in [1.807, 2.05) is 0 Å². The van der Waals surface area contributed by atoms with Gasteiger partial charge in [0.15, 0.2) is 10.7 Å². The second kappa shape index (κ2) is 8.66. The number of thiol groups is 1. The minimum Gasteiger partial charge on any atom is -0.396 e. The molecule has 0 saturated carbocycles. The third-order valence-corrected chi connectivity index (χ3v) is 3.39. The zero-order chi connectivity index (χ0) is 14.1. The highest BCUT2D eigenvalue weighted by molar-refractivity contribution is 7.72. The van der Waals surface area contributed by atoms with Gasteiger partial charge in [-0.15, -0.1) is 0 Å². The fraction of sp³-hybridized carbons (Fsp3) is 0.462. The Bertz CT molecular complexity index is 477. The van der Waals surface area contributed by atoms with E-state index < -0.39 is 10.7 Å². The number of benzene rings is 1. The van der Waals surface area contributed by atoms with Gasteiger partial charge in [-0.25, -0.2) is 8.42 Å². The van der Waals surface area contributed by atoms with Gasteiger partial charge < -0.3 is 10.4 Å². The average Bonchev–Trinajstić information content (AvgIpc) is 2.42. The average molecular weight is 285 g/mol. The lowest BCUT2D eigenvalue weighted by atomic mass is 10.2. The predicted molar refractivity (Wildman–Crippen MR) is 72.9 cm³/mol. The van der Waals surface area contributed by atoms with Crippen LogP contribution in [0.4, 0.5) is 0 Å². The zero-order valence-corrected chi connectivity index (χ0v) is 11.6. The molecule has 106 valence electrons. The van der Waals surface area contributed by atoms with Crippen molar-refractivity contribution < 1.29 is 18.3 Å². The molecule has 6 heteroatoms. The van der Waals surface area contributed by atoms with E-state index in [0.717, 1.165) is 25.7 Å². The number of amides is 1. The SMILES string of the molecule is O=C(NCCCCCCO)c1cccc([SH](=O)=O)c1. The van der Waals surface area contributed by atoms with Crippen molar-refractivity contribution in [2.45, 2.75) is 30.6 Å². The lowest BCUT2D eigenvalue weighted by molar-refractivity contribution is 0.0952. The molecule has 0 bridgehead atoms. The molecule has 19 heavy (non-hydrogen) atoms. The van der Waals surface area contributed by atoms with Crippen LogP contribution in [0, 0.1) is 0 Å². The quantitative estimate of drug-likeness (QED) is 0.490. The smallest absolute Gasteiger partial charge is 0.251 e. The maximum atomic E-state index is 11.8. The number of nitrogens with one attached hydrogen (secondary N) is 1. The molecule has 1 amide bonds. The van der Waals surface area contributed by atoms with Crippen molar-refractivity contribution in [3.8, 4) is 0 Å². The summed E-state index contributed by atoms with van der Waals surface area (Å²) in [7, 11) is -2.66. The summed E-state index contributed by atoms with van der Waals surface area (Å²) < 4.78 is 21.6. The van der Waals surface area contributed by atoms with Crippen LogP contribution in [0.1, 0.15) is 36.0 Å². The third kappa shape index (κ3) is 5.85. The monoisotopic (exact) mass is 285 g/mol. The number of carbonyl (C=O) groups excluding carboxylic acids is 1. The molecule has 0 aliphatic heterocycles. The van der Waals surface area contributed by atoms with Crippen LogP contribution in [0.2, 0.25) is 0 Å². The zero-order valence-electron chi connectivity index (χ0n) is 10.7. The van der Waals surface area contributed by atoms with Crippen LogP contribution in [0.5, 0.6) is 0 Å². The van der Waals surface area contributed by atoms with E-state index >= 15 is 0 Å². The fourth-order valence-electron chi connectivity index (χ4n) is 1.66. The molecule has 0 aromatic heterocycles. The topological polar surface area (TPSA) is 83.5 Å². The molecular weight excluding hydrogens is 266 g/mol. The summed E-state index contributed by atoms with van der Waals surface area (Å²) in [5.41, 5.74) is 0.354. The minimum atomic E-state index is -2.66. The lowest BCUT2D eigenvalue weighted by Gasteiger charge is -2.05. The summed E-state index contributed by atoms with van der Waals surface area (Å²) in [5, 5.41) is 11.4. The van der Waals surface area contributed by atoms with E-state index in [-0.39, 0.29) is 17.4 Å². The first-order chi connectivity index (χ1) is 9.15. The van der Waals surface area contributed by atoms with Gasteiger partial charge in [0.25, 0.3) is 5.91 Å². The van der Waals surface area contributed by atoms with Crippen molar-refractivity contribution in [2.75, 3.05) is 13.2 Å². The summed E-state index contributed by atoms with van der Waals surface area (Å²) in [6.07, 6.45) is 3.53. The Hall–Kier alpha value is -1.40. The van der Waals surface area contributed by atoms with Crippen LogP contribution < -0.4 is 5.32 Å². The molecule has 0 radical (unpaired) electrons. The summed E-state index contributed by atoms with van der Waals surface area (Å²) in [6.45, 7) is 0.754. The molecule has 2 N–H and O–H groups in total. The summed E-state index contributed by atoms with van der Waals surface area (Å²) in [5.74, 6) is -0.263. The van der Waals surface area contributed by atoms with Crippen molar-refractivity contribution in [2.24, 2.45) is 0 Å². The molecule has 0 atom stereocenters. The predicted octanol–water partition coefficient (Wildman–Crippen LogP) is 0.939. The number of aliphatic hydroxyl groups is 1. The molecule has 0 heterocycles. The second-order valence-electron chi connectivity index (χ2n) is 4.20. The van der Waals surface area contributed by atoms with Gasteiger partial charge in [0.1, 0.15) is 0 Å². The van der Waals surface area contributed by atoms with Gasteiger partial charge >= 0.3 is 0 Å². The molecular formula is C13H19NO4S. The number of aliphatic hydroxyl groups excluding tert-OH is 1. The Labute approximate surface area is 114 Å². The van der Waals surface area contributed by atoms with E-state index in [9.17, 15) is 13.2 Å². The highest BCUT2D eigenvalue weighted by Crippen LogP contribution is 2.06. The van der Waals surface area contributed by atoms with E-state index in [0.29, 0.717) is 12.1 Å². The number of carbonyl (C=O) groups is 1. The van der Waals surface area contributed by atoms with Crippen molar-refractivity contribution in [3.05, 3.63) is 29.8 Å². The van der Waals surface area contributed by atoms with Gasteiger partial charge in [0.2, 0.25) is 0 Å². The Balaban J connectivity index is 2.39. The Morgan fingerprint density at radius 3 is 2.58 bits per heavy atom. The molecule has 0 spiro atoms. The van der Waals surface area contributed by atoms with Gasteiger partial charge in [-0.05, 0) is 31.0 Å². The first-order valence-corrected chi connectivity index (χ1v) is 7.46. The van der Waals surface area contributed by atoms with Crippen LogP contribution in [0.3, 0.4) is 0 Å². The van der Waals surface area contributed by atoms with Gasteiger partial charge in [0.05, 0.1) is 4.90 Å². The van der Waals surface area contributed by atoms with Crippen molar-refractivity contribution in [1.29, 1.82) is 0 Å². The lowest BCUT2D eigenvalue weighted by Crippen LogP contribution is -2.24. The van der Waals surface area contributed by atoms with Crippen LogP contribution in [-0.2, 0) is 10.7 Å². The maximum absolute atomic E-state index is 11.8. The minimum absolute atomic E-state index is 0.144.